The summed E-state index contributed by atoms with van der Waals surface area (Å²) in [5.41, 5.74) is -0.331. The molecular formula is C20H36O4. The van der Waals surface area contributed by atoms with E-state index in [1.54, 1.807) is 7.11 Å². The van der Waals surface area contributed by atoms with Gasteiger partial charge in [0.05, 0.1) is 13.2 Å². The van der Waals surface area contributed by atoms with Crippen LogP contribution in [0.4, 0.5) is 0 Å². The molecule has 2 heterocycles. The van der Waals surface area contributed by atoms with Crippen molar-refractivity contribution in [2.24, 2.45) is 0 Å². The molecule has 0 radical (unpaired) electrons. The lowest BCUT2D eigenvalue weighted by Gasteiger charge is -2.39. The van der Waals surface area contributed by atoms with Gasteiger partial charge in [-0.25, -0.2) is 0 Å². The highest BCUT2D eigenvalue weighted by Gasteiger charge is 2.63. The average molecular weight is 341 g/mol. The standard InChI is InChI=1S/C20H36O4/c1-4-6-8-9-10-11-12-13-18-20(16-24-20)19(21-3)17(15-23-18)22-14-7-5-2/h12-13,17-19H,4-11,14-16H2,1-3H3/b13-12+/t17-,18+,19+,20+/m1/s1. The molecule has 2 fully saturated rings. The molecule has 2 aliphatic heterocycles. The first-order valence-corrected chi connectivity index (χ1v) is 9.85. The molecule has 0 saturated carbocycles. The molecule has 0 aromatic carbocycles. The molecule has 0 N–H and O–H groups in total. The zero-order valence-corrected chi connectivity index (χ0v) is 15.8. The molecule has 24 heavy (non-hydrogen) atoms. The van der Waals surface area contributed by atoms with Gasteiger partial charge in [-0.1, -0.05) is 58.1 Å². The second-order valence-corrected chi connectivity index (χ2v) is 7.05. The molecule has 0 aliphatic carbocycles. The van der Waals surface area contributed by atoms with Gasteiger partial charge in [0.15, 0.2) is 0 Å². The topological polar surface area (TPSA) is 40.2 Å². The Morgan fingerprint density at radius 1 is 1.08 bits per heavy atom. The molecular weight excluding hydrogens is 304 g/mol. The van der Waals surface area contributed by atoms with E-state index in [4.69, 9.17) is 18.9 Å². The van der Waals surface area contributed by atoms with E-state index in [9.17, 15) is 0 Å². The normalized spacial score (nSPS) is 32.7. The van der Waals surface area contributed by atoms with Crippen LogP contribution in [0.5, 0.6) is 0 Å². The number of hydrogen-bond donors (Lipinski definition) is 0. The summed E-state index contributed by atoms with van der Waals surface area (Å²) in [6.07, 6.45) is 14.3. The van der Waals surface area contributed by atoms with Crippen molar-refractivity contribution in [1.82, 2.24) is 0 Å². The van der Waals surface area contributed by atoms with Crippen LogP contribution in [-0.4, -0.2) is 50.8 Å². The Morgan fingerprint density at radius 3 is 2.50 bits per heavy atom. The Kier molecular flexibility index (Phi) is 8.74. The molecule has 0 aromatic rings. The van der Waals surface area contributed by atoms with Crippen molar-refractivity contribution < 1.29 is 18.9 Å². The maximum absolute atomic E-state index is 6.06. The molecule has 4 heteroatoms. The van der Waals surface area contributed by atoms with Crippen molar-refractivity contribution in [2.45, 2.75) is 89.1 Å². The van der Waals surface area contributed by atoms with E-state index in [0.717, 1.165) is 25.9 Å². The minimum absolute atomic E-state index is 0.0101. The monoisotopic (exact) mass is 340 g/mol. The summed E-state index contributed by atoms with van der Waals surface area (Å²) in [6, 6.07) is 0. The zero-order valence-electron chi connectivity index (χ0n) is 15.8. The Morgan fingerprint density at radius 2 is 1.83 bits per heavy atom. The van der Waals surface area contributed by atoms with Crippen LogP contribution in [0.15, 0.2) is 12.2 Å². The summed E-state index contributed by atoms with van der Waals surface area (Å²) in [7, 11) is 1.75. The second kappa shape index (κ2) is 10.5. The first-order chi connectivity index (χ1) is 11.8. The Labute approximate surface area is 147 Å². The van der Waals surface area contributed by atoms with E-state index in [1.807, 2.05) is 0 Å². The molecule has 4 atom stereocenters. The van der Waals surface area contributed by atoms with Gasteiger partial charge >= 0.3 is 0 Å². The number of unbranched alkanes of at least 4 members (excludes halogenated alkanes) is 6. The van der Waals surface area contributed by atoms with Crippen LogP contribution < -0.4 is 0 Å². The van der Waals surface area contributed by atoms with Crippen LogP contribution in [0, 0.1) is 0 Å². The molecule has 1 spiro atoms. The Hall–Kier alpha value is -0.420. The third-order valence-electron chi connectivity index (χ3n) is 5.09. The van der Waals surface area contributed by atoms with Crippen molar-refractivity contribution in [2.75, 3.05) is 26.9 Å². The van der Waals surface area contributed by atoms with Crippen LogP contribution in [-0.2, 0) is 18.9 Å². The number of hydrogen-bond acceptors (Lipinski definition) is 4. The van der Waals surface area contributed by atoms with Crippen molar-refractivity contribution in [1.29, 1.82) is 0 Å². The first-order valence-electron chi connectivity index (χ1n) is 9.85. The van der Waals surface area contributed by atoms with Crippen molar-refractivity contribution in [3.8, 4) is 0 Å². The summed E-state index contributed by atoms with van der Waals surface area (Å²) < 4.78 is 23.6. The van der Waals surface area contributed by atoms with Gasteiger partial charge in [0, 0.05) is 13.7 Å². The number of rotatable bonds is 12. The van der Waals surface area contributed by atoms with Gasteiger partial charge in [-0.15, -0.1) is 0 Å². The van der Waals surface area contributed by atoms with Crippen LogP contribution >= 0.6 is 0 Å². The van der Waals surface area contributed by atoms with Gasteiger partial charge in [-0.3, -0.25) is 0 Å². The lowest BCUT2D eigenvalue weighted by molar-refractivity contribution is -0.182. The van der Waals surface area contributed by atoms with Gasteiger partial charge in [0.1, 0.15) is 23.9 Å². The summed E-state index contributed by atoms with van der Waals surface area (Å²) in [6.45, 7) is 6.46. The van der Waals surface area contributed by atoms with Gasteiger partial charge < -0.3 is 18.9 Å². The lowest BCUT2D eigenvalue weighted by atomic mass is 9.89. The molecule has 0 amide bonds. The molecule has 2 aliphatic rings. The lowest BCUT2D eigenvalue weighted by Crippen LogP contribution is -2.57. The molecule has 0 unspecified atom stereocenters. The fourth-order valence-electron chi connectivity index (χ4n) is 3.49. The van der Waals surface area contributed by atoms with E-state index in [0.29, 0.717) is 13.2 Å². The maximum atomic E-state index is 6.06. The highest BCUT2D eigenvalue weighted by molar-refractivity contribution is 5.17. The quantitative estimate of drug-likeness (QED) is 0.302. The van der Waals surface area contributed by atoms with Crippen molar-refractivity contribution in [3.63, 3.8) is 0 Å². The molecule has 0 aromatic heterocycles. The van der Waals surface area contributed by atoms with Crippen LogP contribution in [0.3, 0.4) is 0 Å². The third-order valence-corrected chi connectivity index (χ3v) is 5.09. The van der Waals surface area contributed by atoms with Crippen LogP contribution in [0.2, 0.25) is 0 Å². The minimum Gasteiger partial charge on any atom is -0.375 e. The van der Waals surface area contributed by atoms with Gasteiger partial charge in [-0.05, 0) is 19.3 Å². The number of allylic oxidation sites excluding steroid dienone is 1. The van der Waals surface area contributed by atoms with E-state index in [-0.39, 0.29) is 23.9 Å². The molecule has 140 valence electrons. The SMILES string of the molecule is CCCCCCC/C=C/[C@@H]1OC[C@@H](OCCCC)[C@H](OC)[C@]12CO2. The molecule has 2 rings (SSSR count). The van der Waals surface area contributed by atoms with Crippen LogP contribution in [0.25, 0.3) is 0 Å². The third kappa shape index (κ3) is 5.29. The summed E-state index contributed by atoms with van der Waals surface area (Å²) in [4.78, 5) is 0. The van der Waals surface area contributed by atoms with Gasteiger partial charge in [0.25, 0.3) is 0 Å². The minimum atomic E-state index is -0.331. The largest absolute Gasteiger partial charge is 0.375 e. The highest BCUT2D eigenvalue weighted by Crippen LogP contribution is 2.43. The van der Waals surface area contributed by atoms with Crippen molar-refractivity contribution in [3.05, 3.63) is 12.2 Å². The molecule has 0 bridgehead atoms. The highest BCUT2D eigenvalue weighted by atomic mass is 16.7. The molecule has 2 saturated heterocycles. The maximum Gasteiger partial charge on any atom is 0.150 e. The van der Waals surface area contributed by atoms with E-state index in [2.05, 4.69) is 26.0 Å². The number of ether oxygens (including phenoxy) is 4. The van der Waals surface area contributed by atoms with E-state index >= 15 is 0 Å². The number of methoxy groups -OCH3 is 1. The predicted octanol–water partition coefficient (Wildman–Crippen LogP) is 4.27. The molecule has 4 nitrogen and oxygen atoms in total. The fraction of sp³-hybridized carbons (Fsp3) is 0.900. The smallest absolute Gasteiger partial charge is 0.150 e. The van der Waals surface area contributed by atoms with Crippen molar-refractivity contribution >= 4 is 0 Å². The predicted molar refractivity (Wildman–Crippen MR) is 96.4 cm³/mol. The van der Waals surface area contributed by atoms with Crippen LogP contribution in [0.1, 0.15) is 65.2 Å². The van der Waals surface area contributed by atoms with E-state index in [1.165, 1.54) is 32.1 Å². The zero-order chi connectivity index (χ0) is 17.3. The van der Waals surface area contributed by atoms with Gasteiger partial charge in [0.2, 0.25) is 0 Å². The first kappa shape index (κ1) is 19.9. The average Bonchev–Trinajstić information content (AvgIpc) is 3.37. The van der Waals surface area contributed by atoms with E-state index < -0.39 is 0 Å². The fourth-order valence-corrected chi connectivity index (χ4v) is 3.49. The summed E-state index contributed by atoms with van der Waals surface area (Å²) in [5.74, 6) is 0. The Balaban J connectivity index is 1.79. The second-order valence-electron chi connectivity index (χ2n) is 7.05. The summed E-state index contributed by atoms with van der Waals surface area (Å²) in [5, 5.41) is 0. The number of epoxide rings is 1. The summed E-state index contributed by atoms with van der Waals surface area (Å²) >= 11 is 0. The Bertz CT molecular complexity index is 365. The van der Waals surface area contributed by atoms with Gasteiger partial charge in [-0.2, -0.15) is 0 Å².